The maximum absolute atomic E-state index is 13.0. The van der Waals surface area contributed by atoms with E-state index >= 15 is 0 Å². The second kappa shape index (κ2) is 8.43. The van der Waals surface area contributed by atoms with Gasteiger partial charge in [-0.25, -0.2) is 0 Å². The summed E-state index contributed by atoms with van der Waals surface area (Å²) in [5.41, 5.74) is 1.18. The van der Waals surface area contributed by atoms with Crippen LogP contribution < -0.4 is 15.0 Å². The topological polar surface area (TPSA) is 79.0 Å². The molecular formula is C22H29N3O4. The van der Waals surface area contributed by atoms with Gasteiger partial charge in [-0.1, -0.05) is 13.3 Å². The predicted octanol–water partition coefficient (Wildman–Crippen LogP) is 2.94. The molecule has 1 aromatic carbocycles. The molecule has 0 aromatic heterocycles. The summed E-state index contributed by atoms with van der Waals surface area (Å²) >= 11 is 0. The van der Waals surface area contributed by atoms with Crippen LogP contribution in [0.1, 0.15) is 51.9 Å². The zero-order valence-corrected chi connectivity index (χ0v) is 17.0. The van der Waals surface area contributed by atoms with Gasteiger partial charge in [-0.05, 0) is 56.7 Å². The lowest BCUT2D eigenvalue weighted by atomic mass is 9.85. The number of nitrogens with one attached hydrogen (secondary N) is 1. The fourth-order valence-electron chi connectivity index (χ4n) is 4.12. The lowest BCUT2D eigenvalue weighted by Gasteiger charge is -2.36. The van der Waals surface area contributed by atoms with Crippen molar-refractivity contribution < 1.29 is 19.1 Å². The molecule has 1 aliphatic carbocycles. The molecule has 1 atom stereocenters. The maximum atomic E-state index is 13.0. The highest BCUT2D eigenvalue weighted by Gasteiger charge is 2.36. The van der Waals surface area contributed by atoms with Gasteiger partial charge in [-0.15, -0.1) is 0 Å². The highest BCUT2D eigenvalue weighted by molar-refractivity contribution is 6.05. The van der Waals surface area contributed by atoms with Gasteiger partial charge in [0.25, 0.3) is 5.91 Å². The lowest BCUT2D eigenvalue weighted by molar-refractivity contribution is -0.134. The molecule has 3 amide bonds. The number of anilines is 2. The van der Waals surface area contributed by atoms with Crippen LogP contribution in [0.5, 0.6) is 5.75 Å². The molecule has 2 heterocycles. The van der Waals surface area contributed by atoms with Crippen LogP contribution in [0.25, 0.3) is 0 Å². The highest BCUT2D eigenvalue weighted by Crippen LogP contribution is 2.37. The van der Waals surface area contributed by atoms with E-state index in [1.807, 2.05) is 11.8 Å². The Morgan fingerprint density at radius 1 is 1.14 bits per heavy atom. The number of carbonyl (C=O) groups excluding carboxylic acids is 3. The molecule has 2 aliphatic heterocycles. The van der Waals surface area contributed by atoms with E-state index in [2.05, 4.69) is 5.32 Å². The largest absolute Gasteiger partial charge is 0.478 e. The number of piperidine rings is 1. The molecule has 0 bridgehead atoms. The van der Waals surface area contributed by atoms with Crippen LogP contribution in [0.3, 0.4) is 0 Å². The number of amides is 3. The van der Waals surface area contributed by atoms with E-state index in [4.69, 9.17) is 4.74 Å². The van der Waals surface area contributed by atoms with Gasteiger partial charge in [-0.3, -0.25) is 19.3 Å². The van der Waals surface area contributed by atoms with Crippen molar-refractivity contribution in [3.05, 3.63) is 18.2 Å². The summed E-state index contributed by atoms with van der Waals surface area (Å²) in [6.07, 6.45) is 6.04. The molecule has 4 rings (SSSR count). The van der Waals surface area contributed by atoms with Gasteiger partial charge >= 0.3 is 0 Å². The molecule has 0 spiro atoms. The van der Waals surface area contributed by atoms with E-state index in [1.54, 1.807) is 18.2 Å². The molecular weight excluding hydrogens is 370 g/mol. The van der Waals surface area contributed by atoms with Gasteiger partial charge in [0.2, 0.25) is 11.8 Å². The lowest BCUT2D eigenvalue weighted by Crippen LogP contribution is -2.51. The van der Waals surface area contributed by atoms with Crippen molar-refractivity contribution in [2.45, 2.75) is 58.0 Å². The first-order valence-electron chi connectivity index (χ1n) is 10.8. The third-order valence-electron chi connectivity index (χ3n) is 6.18. The first kappa shape index (κ1) is 19.7. The van der Waals surface area contributed by atoms with Gasteiger partial charge < -0.3 is 15.0 Å². The van der Waals surface area contributed by atoms with E-state index < -0.39 is 6.10 Å². The third-order valence-corrected chi connectivity index (χ3v) is 6.18. The van der Waals surface area contributed by atoms with E-state index in [0.29, 0.717) is 23.5 Å². The van der Waals surface area contributed by atoms with E-state index in [1.165, 1.54) is 4.90 Å². The number of nitrogens with zero attached hydrogens (tertiary/aromatic N) is 2. The minimum absolute atomic E-state index is 0.00567. The van der Waals surface area contributed by atoms with E-state index in [9.17, 15) is 14.4 Å². The zero-order chi connectivity index (χ0) is 20.4. The minimum atomic E-state index is -0.591. The minimum Gasteiger partial charge on any atom is -0.478 e. The summed E-state index contributed by atoms with van der Waals surface area (Å²) in [5, 5.41) is 2.94. The Morgan fingerprint density at radius 3 is 2.55 bits per heavy atom. The average Bonchev–Trinajstić information content (AvgIpc) is 2.69. The van der Waals surface area contributed by atoms with Crippen molar-refractivity contribution >= 4 is 29.1 Å². The molecule has 1 saturated carbocycles. The van der Waals surface area contributed by atoms with Crippen LogP contribution >= 0.6 is 0 Å². The molecule has 1 aromatic rings. The van der Waals surface area contributed by atoms with Gasteiger partial charge in [0, 0.05) is 24.7 Å². The number of hydrogen-bond acceptors (Lipinski definition) is 4. The van der Waals surface area contributed by atoms with E-state index in [-0.39, 0.29) is 30.2 Å². The molecule has 1 N–H and O–H groups in total. The molecule has 1 saturated heterocycles. The number of ether oxygens (including phenoxy) is 1. The highest BCUT2D eigenvalue weighted by atomic mass is 16.5. The zero-order valence-electron chi connectivity index (χ0n) is 17.0. The molecule has 156 valence electrons. The molecule has 3 aliphatic rings. The van der Waals surface area contributed by atoms with Crippen molar-refractivity contribution in [3.8, 4) is 5.75 Å². The number of carbonyl (C=O) groups is 3. The Balaban J connectivity index is 1.56. The number of fused-ring (bicyclic) bond motifs is 1. The summed E-state index contributed by atoms with van der Waals surface area (Å²) in [6.45, 7) is 3.40. The molecule has 1 unspecified atom stereocenters. The summed E-state index contributed by atoms with van der Waals surface area (Å²) in [6, 6.07) is 5.32. The van der Waals surface area contributed by atoms with Gasteiger partial charge in [0.1, 0.15) is 12.3 Å². The SMILES string of the molecule is CCC1Oc2ccc(NC(=O)C3CCC3)cc2N(CC(=O)N2CCCCC2)C1=O. The number of hydrogen-bond donors (Lipinski definition) is 1. The Labute approximate surface area is 171 Å². The molecule has 0 radical (unpaired) electrons. The summed E-state index contributed by atoms with van der Waals surface area (Å²) in [4.78, 5) is 41.5. The number of benzene rings is 1. The Bertz CT molecular complexity index is 799. The number of likely N-dealkylation sites (tertiary alicyclic amines) is 1. The smallest absolute Gasteiger partial charge is 0.268 e. The summed E-state index contributed by atoms with van der Waals surface area (Å²) in [5.74, 6) is 0.425. The first-order valence-corrected chi connectivity index (χ1v) is 10.8. The second-order valence-electron chi connectivity index (χ2n) is 8.18. The average molecular weight is 399 g/mol. The van der Waals surface area contributed by atoms with Crippen LogP contribution in [0.15, 0.2) is 18.2 Å². The van der Waals surface area contributed by atoms with Crippen LogP contribution in [-0.2, 0) is 14.4 Å². The maximum Gasteiger partial charge on any atom is 0.268 e. The van der Waals surface area contributed by atoms with Crippen LogP contribution in [0.2, 0.25) is 0 Å². The van der Waals surface area contributed by atoms with Crippen LogP contribution in [0.4, 0.5) is 11.4 Å². The number of rotatable bonds is 5. The summed E-state index contributed by atoms with van der Waals surface area (Å²) < 4.78 is 5.86. The monoisotopic (exact) mass is 399 g/mol. The molecule has 29 heavy (non-hydrogen) atoms. The summed E-state index contributed by atoms with van der Waals surface area (Å²) in [7, 11) is 0. The molecule has 2 fully saturated rings. The fraction of sp³-hybridized carbons (Fsp3) is 0.591. The Morgan fingerprint density at radius 2 is 1.90 bits per heavy atom. The van der Waals surface area contributed by atoms with Gasteiger partial charge in [0.05, 0.1) is 5.69 Å². The van der Waals surface area contributed by atoms with E-state index in [0.717, 1.165) is 51.6 Å². The Kier molecular flexibility index (Phi) is 5.74. The third kappa shape index (κ3) is 4.09. The predicted molar refractivity (Wildman–Crippen MR) is 110 cm³/mol. The van der Waals surface area contributed by atoms with Gasteiger partial charge in [0.15, 0.2) is 6.10 Å². The van der Waals surface area contributed by atoms with Crippen molar-refractivity contribution in [2.75, 3.05) is 29.9 Å². The first-order chi connectivity index (χ1) is 14.1. The Hall–Kier alpha value is -2.57. The van der Waals surface area contributed by atoms with Crippen molar-refractivity contribution in [1.82, 2.24) is 4.90 Å². The molecule has 7 nitrogen and oxygen atoms in total. The van der Waals surface area contributed by atoms with Crippen molar-refractivity contribution in [3.63, 3.8) is 0 Å². The van der Waals surface area contributed by atoms with Crippen LogP contribution in [0, 0.1) is 5.92 Å². The standard InChI is InChI=1S/C22H29N3O4/c1-2-18-22(28)25(14-20(26)24-11-4-3-5-12-24)17-13-16(9-10-19(17)29-18)23-21(27)15-7-6-8-15/h9-10,13,15,18H,2-8,11-12,14H2,1H3,(H,23,27). The van der Waals surface area contributed by atoms with Crippen molar-refractivity contribution in [1.29, 1.82) is 0 Å². The second-order valence-corrected chi connectivity index (χ2v) is 8.18. The molecule has 7 heteroatoms. The van der Waals surface area contributed by atoms with Crippen LogP contribution in [-0.4, -0.2) is 48.4 Å². The quantitative estimate of drug-likeness (QED) is 0.826. The fourth-order valence-corrected chi connectivity index (χ4v) is 4.12. The van der Waals surface area contributed by atoms with Gasteiger partial charge in [-0.2, -0.15) is 0 Å². The van der Waals surface area contributed by atoms with Crippen molar-refractivity contribution in [2.24, 2.45) is 5.92 Å². The normalized spacial score (nSPS) is 21.8.